The quantitative estimate of drug-likeness (QED) is 0.494. The van der Waals surface area contributed by atoms with Crippen LogP contribution in [-0.4, -0.2) is 30.9 Å². The molecule has 0 amide bonds. The molecule has 2 bridgehead atoms. The maximum atomic E-state index is 12.2. The van der Waals surface area contributed by atoms with Crippen LogP contribution in [0.25, 0.3) is 0 Å². The van der Waals surface area contributed by atoms with Gasteiger partial charge in [0.25, 0.3) is 0 Å². The summed E-state index contributed by atoms with van der Waals surface area (Å²) >= 11 is 0. The average molecular weight is 238 g/mol. The van der Waals surface area contributed by atoms with Crippen molar-refractivity contribution in [1.29, 1.82) is 0 Å². The molecule has 3 fully saturated rings. The van der Waals surface area contributed by atoms with Gasteiger partial charge in [-0.2, -0.15) is 0 Å². The van der Waals surface area contributed by atoms with Gasteiger partial charge in [-0.05, 0) is 19.3 Å². The number of Topliss-reactive ketones (excluding diaryl/α,β-unsaturated/α-hetero) is 1. The van der Waals surface area contributed by atoms with Gasteiger partial charge in [0.05, 0.1) is 13.5 Å². The van der Waals surface area contributed by atoms with Gasteiger partial charge in [-0.1, -0.05) is 0 Å². The predicted octanol–water partition coefficient (Wildman–Crippen LogP) is 0.604. The first kappa shape index (κ1) is 10.7. The lowest BCUT2D eigenvalue weighted by Gasteiger charge is -2.48. The molecular weight excluding hydrogens is 224 g/mol. The predicted molar refractivity (Wildman–Crippen MR) is 54.9 cm³/mol. The topological polar surface area (TPSA) is 69.7 Å². The van der Waals surface area contributed by atoms with Crippen LogP contribution >= 0.6 is 0 Å². The second-order valence-corrected chi connectivity index (χ2v) is 5.17. The monoisotopic (exact) mass is 238 g/mol. The summed E-state index contributed by atoms with van der Waals surface area (Å²) in [5.74, 6) is -1.15. The zero-order valence-corrected chi connectivity index (χ0v) is 9.65. The normalized spacial score (nSPS) is 37.6. The van der Waals surface area contributed by atoms with E-state index in [-0.39, 0.29) is 18.3 Å². The van der Waals surface area contributed by atoms with E-state index in [1.54, 1.807) is 0 Å². The number of hydrogen-bond donors (Lipinski definition) is 0. The lowest BCUT2D eigenvalue weighted by Crippen LogP contribution is -2.60. The largest absolute Gasteiger partial charge is 0.468 e. The molecule has 2 atom stereocenters. The highest BCUT2D eigenvalue weighted by Crippen LogP contribution is 2.69. The minimum atomic E-state index is -1.25. The Morgan fingerprint density at radius 2 is 2.12 bits per heavy atom. The van der Waals surface area contributed by atoms with Gasteiger partial charge in [0.1, 0.15) is 11.5 Å². The highest BCUT2D eigenvalue weighted by molar-refractivity contribution is 6.09. The summed E-state index contributed by atoms with van der Waals surface area (Å²) in [5, 5.41) is 0. The van der Waals surface area contributed by atoms with Crippen LogP contribution in [0, 0.1) is 10.8 Å². The Balaban J connectivity index is 2.13. The molecule has 1 spiro atoms. The SMILES string of the molecule is COC(=O)[C@@]12CC(=O)O[C@H](CCC1=O)C21CC1. The Hall–Kier alpha value is -1.39. The third-order valence-corrected chi connectivity index (χ3v) is 4.58. The van der Waals surface area contributed by atoms with Crippen molar-refractivity contribution in [2.75, 3.05) is 7.11 Å². The average Bonchev–Trinajstić information content (AvgIpc) is 3.08. The molecule has 1 saturated heterocycles. The van der Waals surface area contributed by atoms with Gasteiger partial charge < -0.3 is 9.47 Å². The first-order valence-electron chi connectivity index (χ1n) is 5.88. The van der Waals surface area contributed by atoms with Crippen molar-refractivity contribution in [2.24, 2.45) is 10.8 Å². The van der Waals surface area contributed by atoms with Crippen molar-refractivity contribution >= 4 is 17.7 Å². The Kier molecular flexibility index (Phi) is 1.95. The van der Waals surface area contributed by atoms with E-state index in [2.05, 4.69) is 0 Å². The molecule has 0 aromatic carbocycles. The summed E-state index contributed by atoms with van der Waals surface area (Å²) in [6.45, 7) is 0. The molecular formula is C12H14O5. The van der Waals surface area contributed by atoms with Crippen LogP contribution in [0.3, 0.4) is 0 Å². The van der Waals surface area contributed by atoms with E-state index in [1.807, 2.05) is 0 Å². The number of esters is 2. The van der Waals surface area contributed by atoms with Crippen molar-refractivity contribution in [3.05, 3.63) is 0 Å². The number of carbonyl (C=O) groups excluding carboxylic acids is 3. The summed E-state index contributed by atoms with van der Waals surface area (Å²) < 4.78 is 10.1. The fourth-order valence-electron chi connectivity index (χ4n) is 3.61. The molecule has 3 aliphatic rings. The molecule has 1 aliphatic heterocycles. The summed E-state index contributed by atoms with van der Waals surface area (Å²) in [6, 6.07) is 0. The number of rotatable bonds is 1. The first-order valence-corrected chi connectivity index (χ1v) is 5.88. The molecule has 17 heavy (non-hydrogen) atoms. The maximum absolute atomic E-state index is 12.2. The van der Waals surface area contributed by atoms with Crippen molar-refractivity contribution < 1.29 is 23.9 Å². The molecule has 0 radical (unpaired) electrons. The van der Waals surface area contributed by atoms with Crippen LogP contribution in [0.5, 0.6) is 0 Å². The molecule has 0 N–H and O–H groups in total. The fraction of sp³-hybridized carbons (Fsp3) is 0.750. The Labute approximate surface area is 98.4 Å². The molecule has 2 aliphatic carbocycles. The standard InChI is InChI=1S/C12H14O5/c1-16-10(15)12-6-9(14)17-8(3-2-7(12)13)11(12)4-5-11/h8H,2-6H2,1H3/t8-,12-/m1/s1. The second kappa shape index (κ2) is 3.09. The molecule has 5 nitrogen and oxygen atoms in total. The van der Waals surface area contributed by atoms with E-state index in [0.717, 1.165) is 12.8 Å². The van der Waals surface area contributed by atoms with E-state index in [9.17, 15) is 14.4 Å². The third-order valence-electron chi connectivity index (χ3n) is 4.58. The van der Waals surface area contributed by atoms with Crippen LogP contribution in [0.15, 0.2) is 0 Å². The van der Waals surface area contributed by atoms with Gasteiger partial charge in [0.15, 0.2) is 5.78 Å². The van der Waals surface area contributed by atoms with Crippen molar-refractivity contribution in [2.45, 2.75) is 38.2 Å². The van der Waals surface area contributed by atoms with Gasteiger partial charge in [-0.15, -0.1) is 0 Å². The van der Waals surface area contributed by atoms with Gasteiger partial charge in [0.2, 0.25) is 0 Å². The highest BCUT2D eigenvalue weighted by atomic mass is 16.6. The lowest BCUT2D eigenvalue weighted by atomic mass is 9.58. The zero-order valence-electron chi connectivity index (χ0n) is 9.65. The van der Waals surface area contributed by atoms with E-state index in [4.69, 9.17) is 9.47 Å². The molecule has 1 heterocycles. The number of hydrogen-bond acceptors (Lipinski definition) is 5. The van der Waals surface area contributed by atoms with E-state index >= 15 is 0 Å². The van der Waals surface area contributed by atoms with E-state index in [1.165, 1.54) is 7.11 Å². The maximum Gasteiger partial charge on any atom is 0.320 e. The summed E-state index contributed by atoms with van der Waals surface area (Å²) in [7, 11) is 1.27. The van der Waals surface area contributed by atoms with Crippen LogP contribution in [0.1, 0.15) is 32.1 Å². The first-order chi connectivity index (χ1) is 8.07. The Bertz CT molecular complexity index is 413. The van der Waals surface area contributed by atoms with Crippen LogP contribution < -0.4 is 0 Å². The van der Waals surface area contributed by atoms with Gasteiger partial charge in [0, 0.05) is 11.8 Å². The zero-order chi connectivity index (χ0) is 12.3. The molecule has 0 aromatic rings. The number of methoxy groups -OCH3 is 1. The molecule has 92 valence electrons. The van der Waals surface area contributed by atoms with E-state index < -0.39 is 22.8 Å². The van der Waals surface area contributed by atoms with Gasteiger partial charge >= 0.3 is 11.9 Å². The van der Waals surface area contributed by atoms with Gasteiger partial charge in [-0.25, -0.2) is 0 Å². The second-order valence-electron chi connectivity index (χ2n) is 5.17. The number of ether oxygens (including phenoxy) is 2. The minimum Gasteiger partial charge on any atom is -0.468 e. The highest BCUT2D eigenvalue weighted by Gasteiger charge is 2.76. The third kappa shape index (κ3) is 1.07. The molecule has 0 aromatic heterocycles. The summed E-state index contributed by atoms with van der Waals surface area (Å²) in [5.41, 5.74) is -1.71. The Morgan fingerprint density at radius 1 is 1.41 bits per heavy atom. The molecule has 2 saturated carbocycles. The van der Waals surface area contributed by atoms with E-state index in [0.29, 0.717) is 12.8 Å². The smallest absolute Gasteiger partial charge is 0.320 e. The lowest BCUT2D eigenvalue weighted by molar-refractivity contribution is -0.199. The van der Waals surface area contributed by atoms with Crippen molar-refractivity contribution in [3.63, 3.8) is 0 Å². The van der Waals surface area contributed by atoms with Crippen molar-refractivity contribution in [3.8, 4) is 0 Å². The van der Waals surface area contributed by atoms with Gasteiger partial charge in [-0.3, -0.25) is 14.4 Å². The molecule has 3 rings (SSSR count). The summed E-state index contributed by atoms with van der Waals surface area (Å²) in [4.78, 5) is 35.9. The minimum absolute atomic E-state index is 0.144. The molecule has 5 heteroatoms. The van der Waals surface area contributed by atoms with Crippen LogP contribution in [0.4, 0.5) is 0 Å². The van der Waals surface area contributed by atoms with Crippen LogP contribution in [-0.2, 0) is 23.9 Å². The van der Waals surface area contributed by atoms with Crippen LogP contribution in [0.2, 0.25) is 0 Å². The number of carbonyl (C=O) groups is 3. The molecule has 0 unspecified atom stereocenters. The van der Waals surface area contributed by atoms with Crippen molar-refractivity contribution in [1.82, 2.24) is 0 Å². The fourth-order valence-corrected chi connectivity index (χ4v) is 3.61. The summed E-state index contributed by atoms with van der Waals surface area (Å²) in [6.07, 6.45) is 1.96. The Morgan fingerprint density at radius 3 is 2.71 bits per heavy atom. The number of ketones is 1.